The molecule has 18 heteroatoms. The minimum atomic E-state index is -5.29. The van der Waals surface area contributed by atoms with Crippen molar-refractivity contribution in [2.75, 3.05) is 0 Å². The van der Waals surface area contributed by atoms with Gasteiger partial charge in [-0.1, -0.05) is 24.3 Å². The van der Waals surface area contributed by atoms with Crippen LogP contribution in [0.1, 0.15) is 51.4 Å². The van der Waals surface area contributed by atoms with Crippen LogP contribution in [0.2, 0.25) is 0 Å². The Morgan fingerprint density at radius 2 is 1.60 bits per heavy atom. The van der Waals surface area contributed by atoms with E-state index in [0.717, 1.165) is 0 Å². The third kappa shape index (κ3) is 6.79. The van der Waals surface area contributed by atoms with Crippen LogP contribution in [0.4, 0.5) is 26.3 Å². The lowest BCUT2D eigenvalue weighted by molar-refractivity contribution is -0.143. The number of imidazole rings is 1. The van der Waals surface area contributed by atoms with Crippen LogP contribution in [-0.4, -0.2) is 32.7 Å². The number of carbonyl (C=O) groups excluding carboxylic acids is 1. The molecule has 2 heterocycles. The van der Waals surface area contributed by atoms with Crippen molar-refractivity contribution in [2.45, 2.75) is 41.4 Å². The largest absolute Gasteiger partial charge is 0.416 e. The van der Waals surface area contributed by atoms with Crippen LogP contribution in [0.25, 0.3) is 11.0 Å². The van der Waals surface area contributed by atoms with Crippen LogP contribution in [0.15, 0.2) is 65.6 Å². The number of alkyl halides is 6. The van der Waals surface area contributed by atoms with Gasteiger partial charge in [-0.05, 0) is 53.9 Å². The minimum absolute atomic E-state index is 0.0797. The number of aromatic nitrogens is 2. The van der Waals surface area contributed by atoms with Crippen molar-refractivity contribution in [3.05, 3.63) is 94.3 Å². The molecule has 1 aliphatic heterocycles. The first-order valence-corrected chi connectivity index (χ1v) is 15.7. The number of amides is 1. The molecule has 3 aromatic carbocycles. The monoisotopic (exact) mass is 671 g/mol. The molecule has 10 nitrogen and oxygen atoms in total. The van der Waals surface area contributed by atoms with E-state index in [1.807, 2.05) is 10.8 Å². The third-order valence-electron chi connectivity index (χ3n) is 6.92. The summed E-state index contributed by atoms with van der Waals surface area (Å²) in [6.45, 7) is 0. The fourth-order valence-corrected chi connectivity index (χ4v) is 7.44. The van der Waals surface area contributed by atoms with E-state index in [-0.39, 0.29) is 53.5 Å². The Hall–Kier alpha value is -4.47. The summed E-state index contributed by atoms with van der Waals surface area (Å²) >= 11 is 0. The van der Waals surface area contributed by atoms with Gasteiger partial charge in [-0.15, -0.1) is 0 Å². The SMILES string of the molecule is N#Cc1ccc2nc([C@H](Cc3ccc(C4CC(=O)NS4(=O)=O)cc3)NS(=O)(=O)c3cc(C(F)(F)F)cc(C(F)(F)F)c3)[nH]c2c1. The number of hydrogen-bond acceptors (Lipinski definition) is 7. The summed E-state index contributed by atoms with van der Waals surface area (Å²) in [5.41, 5.74) is -2.23. The molecule has 0 saturated carbocycles. The molecule has 1 fully saturated rings. The van der Waals surface area contributed by atoms with E-state index in [0.29, 0.717) is 11.1 Å². The molecular formula is C27H19F6N5O5S2. The summed E-state index contributed by atoms with van der Waals surface area (Å²) in [6, 6.07) is 10.4. The summed E-state index contributed by atoms with van der Waals surface area (Å²) in [5.74, 6) is -0.768. The van der Waals surface area contributed by atoms with Crippen LogP contribution in [0.3, 0.4) is 0 Å². The van der Waals surface area contributed by atoms with Gasteiger partial charge in [0.15, 0.2) is 0 Å². The summed E-state index contributed by atoms with van der Waals surface area (Å²) < 4.78 is 136. The number of benzene rings is 3. The van der Waals surface area contributed by atoms with Crippen molar-refractivity contribution >= 4 is 37.0 Å². The average Bonchev–Trinajstić information content (AvgIpc) is 3.50. The lowest BCUT2D eigenvalue weighted by Crippen LogP contribution is -2.31. The molecule has 236 valence electrons. The summed E-state index contributed by atoms with van der Waals surface area (Å²) in [5, 5.41) is 8.03. The molecule has 0 radical (unpaired) electrons. The first-order chi connectivity index (χ1) is 20.9. The van der Waals surface area contributed by atoms with Crippen LogP contribution >= 0.6 is 0 Å². The predicted molar refractivity (Wildman–Crippen MR) is 145 cm³/mol. The van der Waals surface area contributed by atoms with E-state index < -0.39 is 65.6 Å². The Labute approximate surface area is 251 Å². The number of rotatable bonds is 7. The quantitative estimate of drug-likeness (QED) is 0.242. The van der Waals surface area contributed by atoms with Crippen LogP contribution < -0.4 is 9.44 Å². The van der Waals surface area contributed by atoms with Crippen LogP contribution in [0.5, 0.6) is 0 Å². The number of nitrogens with zero attached hydrogens (tertiary/aromatic N) is 2. The van der Waals surface area contributed by atoms with Gasteiger partial charge in [0.1, 0.15) is 11.1 Å². The molecule has 1 aliphatic rings. The third-order valence-corrected chi connectivity index (χ3v) is 10.1. The van der Waals surface area contributed by atoms with Gasteiger partial charge >= 0.3 is 12.4 Å². The van der Waals surface area contributed by atoms with E-state index >= 15 is 0 Å². The molecule has 4 aromatic rings. The van der Waals surface area contributed by atoms with Crippen LogP contribution in [-0.2, 0) is 43.6 Å². The summed E-state index contributed by atoms with van der Waals surface area (Å²) in [4.78, 5) is 17.5. The normalized spacial score (nSPS) is 17.6. The highest BCUT2D eigenvalue weighted by molar-refractivity contribution is 7.90. The molecule has 1 aromatic heterocycles. The van der Waals surface area contributed by atoms with Crippen molar-refractivity contribution in [1.82, 2.24) is 19.4 Å². The van der Waals surface area contributed by atoms with E-state index in [1.54, 1.807) is 0 Å². The maximum absolute atomic E-state index is 13.5. The Bertz CT molecular complexity index is 2040. The van der Waals surface area contributed by atoms with Crippen LogP contribution in [0, 0.1) is 11.3 Å². The molecule has 0 aliphatic carbocycles. The van der Waals surface area contributed by atoms with Crippen molar-refractivity contribution in [2.24, 2.45) is 0 Å². The number of sulfonamides is 2. The van der Waals surface area contributed by atoms with Gasteiger partial charge in [-0.3, -0.25) is 9.52 Å². The zero-order valence-corrected chi connectivity index (χ0v) is 24.0. The molecule has 1 saturated heterocycles. The second kappa shape index (κ2) is 11.2. The smallest absolute Gasteiger partial charge is 0.341 e. The standard InChI is InChI=1S/C27H19F6N5O5S2/c28-26(29,30)17-9-18(27(31,32)33)11-19(10-17)44(40,41)37-22(25-35-20-6-3-15(13-34)8-21(20)36-25)7-14-1-4-16(5-2-14)23-12-24(39)38-45(23,42)43/h1-6,8-11,22-23,37H,7,12H2,(H,35,36)(H,38,39)/t22-,23?/m0/s1. The number of nitrogens with one attached hydrogen (secondary N) is 3. The molecule has 1 unspecified atom stereocenters. The first-order valence-electron chi connectivity index (χ1n) is 12.7. The average molecular weight is 672 g/mol. The molecule has 5 rings (SSSR count). The maximum atomic E-state index is 13.5. The number of aromatic amines is 1. The number of carbonyl (C=O) groups is 1. The molecule has 2 atom stereocenters. The highest BCUT2D eigenvalue weighted by Gasteiger charge is 2.39. The fraction of sp³-hybridized carbons (Fsp3) is 0.222. The maximum Gasteiger partial charge on any atom is 0.416 e. The van der Waals surface area contributed by atoms with Gasteiger partial charge in [0.2, 0.25) is 26.0 Å². The zero-order chi connectivity index (χ0) is 32.9. The Kier molecular flexibility index (Phi) is 7.92. The molecule has 45 heavy (non-hydrogen) atoms. The Morgan fingerprint density at radius 1 is 0.978 bits per heavy atom. The van der Waals surface area contributed by atoms with E-state index in [2.05, 4.69) is 14.7 Å². The molecular weight excluding hydrogens is 652 g/mol. The van der Waals surface area contributed by atoms with Gasteiger partial charge in [0, 0.05) is 0 Å². The van der Waals surface area contributed by atoms with Gasteiger partial charge in [-0.25, -0.2) is 26.5 Å². The van der Waals surface area contributed by atoms with E-state index in [4.69, 9.17) is 0 Å². The Balaban J connectivity index is 1.55. The zero-order valence-electron chi connectivity index (χ0n) is 22.4. The first kappa shape index (κ1) is 31.9. The lowest BCUT2D eigenvalue weighted by Gasteiger charge is -2.19. The number of H-pyrrole nitrogens is 1. The predicted octanol–water partition coefficient (Wildman–Crippen LogP) is 4.63. The molecule has 0 spiro atoms. The molecule has 3 N–H and O–H groups in total. The minimum Gasteiger partial charge on any atom is -0.341 e. The molecule has 1 amide bonds. The van der Waals surface area contributed by atoms with Crippen molar-refractivity contribution in [1.29, 1.82) is 5.26 Å². The van der Waals surface area contributed by atoms with Gasteiger partial charge in [-0.2, -0.15) is 31.6 Å². The number of fused-ring (bicyclic) bond motifs is 1. The number of nitriles is 1. The number of hydrogen-bond donors (Lipinski definition) is 3. The summed E-state index contributed by atoms with van der Waals surface area (Å²) in [6.07, 6.45) is -11.2. The van der Waals surface area contributed by atoms with E-state index in [1.165, 1.54) is 42.5 Å². The highest BCUT2D eigenvalue weighted by Crippen LogP contribution is 2.38. The molecule has 0 bridgehead atoms. The van der Waals surface area contributed by atoms with Gasteiger partial charge < -0.3 is 4.98 Å². The van der Waals surface area contributed by atoms with E-state index in [9.17, 15) is 53.2 Å². The highest BCUT2D eigenvalue weighted by atomic mass is 32.2. The Morgan fingerprint density at radius 3 is 2.13 bits per heavy atom. The van der Waals surface area contributed by atoms with Crippen molar-refractivity contribution in [3.63, 3.8) is 0 Å². The second-order valence-corrected chi connectivity index (χ2v) is 13.7. The topological polar surface area (TPSA) is 162 Å². The van der Waals surface area contributed by atoms with Crippen molar-refractivity contribution < 1.29 is 48.0 Å². The van der Waals surface area contributed by atoms with Crippen molar-refractivity contribution in [3.8, 4) is 6.07 Å². The lowest BCUT2D eigenvalue weighted by atomic mass is 10.0. The second-order valence-electron chi connectivity index (χ2n) is 10.1. The summed E-state index contributed by atoms with van der Waals surface area (Å²) in [7, 11) is -9.03. The fourth-order valence-electron chi connectivity index (χ4n) is 4.75. The van der Waals surface area contributed by atoms with Gasteiger partial charge in [0.25, 0.3) is 0 Å². The van der Waals surface area contributed by atoms with Gasteiger partial charge in [0.05, 0.1) is 51.2 Å². The number of halogens is 6.